The number of carbonyl (C=O) groups excluding carboxylic acids is 2. The fraction of sp³-hybridized carbons (Fsp3) is 0.333. The van der Waals surface area contributed by atoms with Gasteiger partial charge in [0.05, 0.1) is 0 Å². The standard InChI is InChI=1S/C12H14ClN3O2/c1-15-4-5-16(12(18)11(15)17)7-8-2-3-9(13)6-10(8)14/h2-3,6H,4-5,7,14H2,1H3. The molecule has 1 saturated heterocycles. The molecule has 0 bridgehead atoms. The Balaban J connectivity index is 2.14. The molecule has 96 valence electrons. The Hall–Kier alpha value is -1.75. The second-order valence-corrected chi connectivity index (χ2v) is 4.73. The minimum atomic E-state index is -0.488. The summed E-state index contributed by atoms with van der Waals surface area (Å²) in [4.78, 5) is 26.3. The van der Waals surface area contributed by atoms with Gasteiger partial charge in [-0.1, -0.05) is 17.7 Å². The van der Waals surface area contributed by atoms with E-state index >= 15 is 0 Å². The van der Waals surface area contributed by atoms with Crippen molar-refractivity contribution in [3.63, 3.8) is 0 Å². The fourth-order valence-electron chi connectivity index (χ4n) is 1.84. The van der Waals surface area contributed by atoms with Crippen LogP contribution in [0.25, 0.3) is 0 Å². The van der Waals surface area contributed by atoms with Crippen LogP contribution in [-0.2, 0) is 16.1 Å². The number of nitrogen functional groups attached to an aromatic ring is 1. The molecule has 1 heterocycles. The van der Waals surface area contributed by atoms with E-state index < -0.39 is 11.8 Å². The van der Waals surface area contributed by atoms with Crippen molar-refractivity contribution in [2.24, 2.45) is 0 Å². The van der Waals surface area contributed by atoms with Crippen LogP contribution in [0, 0.1) is 0 Å². The zero-order valence-corrected chi connectivity index (χ0v) is 10.8. The van der Waals surface area contributed by atoms with E-state index in [2.05, 4.69) is 0 Å². The molecule has 0 saturated carbocycles. The summed E-state index contributed by atoms with van der Waals surface area (Å²) >= 11 is 5.81. The summed E-state index contributed by atoms with van der Waals surface area (Å²) < 4.78 is 0. The lowest BCUT2D eigenvalue weighted by molar-refractivity contribution is -0.155. The van der Waals surface area contributed by atoms with Crippen LogP contribution < -0.4 is 5.73 Å². The Labute approximate surface area is 110 Å². The number of hydrogen-bond acceptors (Lipinski definition) is 3. The van der Waals surface area contributed by atoms with Crippen LogP contribution in [0.2, 0.25) is 5.02 Å². The predicted molar refractivity (Wildman–Crippen MR) is 68.9 cm³/mol. The van der Waals surface area contributed by atoms with Crippen molar-refractivity contribution >= 4 is 29.1 Å². The van der Waals surface area contributed by atoms with Crippen molar-refractivity contribution in [1.82, 2.24) is 9.80 Å². The number of amides is 2. The number of hydrogen-bond donors (Lipinski definition) is 1. The maximum absolute atomic E-state index is 11.8. The van der Waals surface area contributed by atoms with Gasteiger partial charge in [-0.05, 0) is 17.7 Å². The first-order valence-corrected chi connectivity index (χ1v) is 5.95. The van der Waals surface area contributed by atoms with Gasteiger partial charge in [-0.2, -0.15) is 0 Å². The molecule has 0 aliphatic carbocycles. The molecule has 6 heteroatoms. The molecule has 2 N–H and O–H groups in total. The lowest BCUT2D eigenvalue weighted by Gasteiger charge is -2.31. The summed E-state index contributed by atoms with van der Waals surface area (Å²) in [5.41, 5.74) is 7.15. The molecule has 1 aliphatic rings. The van der Waals surface area contributed by atoms with E-state index in [1.807, 2.05) is 0 Å². The predicted octanol–water partition coefficient (Wildman–Crippen LogP) is 0.723. The third-order valence-corrected chi connectivity index (χ3v) is 3.23. The van der Waals surface area contributed by atoms with Crippen molar-refractivity contribution in [3.05, 3.63) is 28.8 Å². The average Bonchev–Trinajstić information content (AvgIpc) is 2.33. The number of rotatable bonds is 2. The van der Waals surface area contributed by atoms with Gasteiger partial charge in [0.15, 0.2) is 0 Å². The molecule has 0 aromatic heterocycles. The lowest BCUT2D eigenvalue weighted by atomic mass is 10.1. The smallest absolute Gasteiger partial charge is 0.312 e. The quantitative estimate of drug-likeness (QED) is 0.634. The summed E-state index contributed by atoms with van der Waals surface area (Å²) in [5, 5.41) is 0.553. The number of benzene rings is 1. The Morgan fingerprint density at radius 3 is 2.67 bits per heavy atom. The Morgan fingerprint density at radius 2 is 2.00 bits per heavy atom. The number of carbonyl (C=O) groups is 2. The van der Waals surface area contributed by atoms with Gasteiger partial charge in [0.2, 0.25) is 0 Å². The van der Waals surface area contributed by atoms with Crippen LogP contribution in [0.1, 0.15) is 5.56 Å². The number of piperazine rings is 1. The third-order valence-electron chi connectivity index (χ3n) is 2.99. The highest BCUT2D eigenvalue weighted by molar-refractivity contribution is 6.35. The molecule has 1 aliphatic heterocycles. The van der Waals surface area contributed by atoms with Gasteiger partial charge in [-0.25, -0.2) is 0 Å². The highest BCUT2D eigenvalue weighted by atomic mass is 35.5. The van der Waals surface area contributed by atoms with Crippen molar-refractivity contribution in [2.75, 3.05) is 25.9 Å². The van der Waals surface area contributed by atoms with Gasteiger partial charge >= 0.3 is 11.8 Å². The molecule has 1 fully saturated rings. The first-order chi connectivity index (χ1) is 8.49. The highest BCUT2D eigenvalue weighted by Gasteiger charge is 2.30. The number of nitrogens with two attached hydrogens (primary N) is 1. The van der Waals surface area contributed by atoms with Gasteiger partial charge in [0.1, 0.15) is 0 Å². The van der Waals surface area contributed by atoms with Gasteiger partial charge in [-0.15, -0.1) is 0 Å². The third kappa shape index (κ3) is 2.41. The van der Waals surface area contributed by atoms with Crippen LogP contribution in [0.4, 0.5) is 5.69 Å². The topological polar surface area (TPSA) is 66.6 Å². The zero-order valence-electron chi connectivity index (χ0n) is 10.0. The van der Waals surface area contributed by atoms with Crippen molar-refractivity contribution in [3.8, 4) is 0 Å². The van der Waals surface area contributed by atoms with Crippen molar-refractivity contribution in [1.29, 1.82) is 0 Å². The second-order valence-electron chi connectivity index (χ2n) is 4.30. The second kappa shape index (κ2) is 4.86. The minimum absolute atomic E-state index is 0.335. The zero-order chi connectivity index (χ0) is 13.3. The van der Waals surface area contributed by atoms with Crippen molar-refractivity contribution in [2.45, 2.75) is 6.54 Å². The fourth-order valence-corrected chi connectivity index (χ4v) is 2.02. The van der Waals surface area contributed by atoms with Gasteiger partial charge in [-0.3, -0.25) is 9.59 Å². The Kier molecular flexibility index (Phi) is 3.43. The van der Waals surface area contributed by atoms with E-state index in [0.717, 1.165) is 5.56 Å². The maximum Gasteiger partial charge on any atom is 0.312 e. The van der Waals surface area contributed by atoms with E-state index in [0.29, 0.717) is 30.3 Å². The molecule has 18 heavy (non-hydrogen) atoms. The molecule has 0 atom stereocenters. The largest absolute Gasteiger partial charge is 0.398 e. The van der Waals surface area contributed by atoms with E-state index in [1.165, 1.54) is 9.80 Å². The molecule has 1 aromatic rings. The SMILES string of the molecule is CN1CCN(Cc2ccc(Cl)cc2N)C(=O)C1=O. The summed E-state index contributed by atoms with van der Waals surface area (Å²) in [6.45, 7) is 1.39. The Bertz CT molecular complexity index is 504. The summed E-state index contributed by atoms with van der Waals surface area (Å²) in [6, 6.07) is 5.13. The molecular weight excluding hydrogens is 254 g/mol. The van der Waals surface area contributed by atoms with Crippen molar-refractivity contribution < 1.29 is 9.59 Å². The van der Waals surface area contributed by atoms with E-state index in [4.69, 9.17) is 17.3 Å². The molecule has 0 radical (unpaired) electrons. The minimum Gasteiger partial charge on any atom is -0.398 e. The monoisotopic (exact) mass is 267 g/mol. The van der Waals surface area contributed by atoms with Crippen LogP contribution in [0.5, 0.6) is 0 Å². The molecule has 5 nitrogen and oxygen atoms in total. The summed E-state index contributed by atoms with van der Waals surface area (Å²) in [5.74, 6) is -0.966. The van der Waals surface area contributed by atoms with Crippen LogP contribution >= 0.6 is 11.6 Å². The highest BCUT2D eigenvalue weighted by Crippen LogP contribution is 2.20. The molecule has 2 amide bonds. The van der Waals surface area contributed by atoms with Crippen LogP contribution in [0.15, 0.2) is 18.2 Å². The van der Waals surface area contributed by atoms with Gasteiger partial charge < -0.3 is 15.5 Å². The van der Waals surface area contributed by atoms with Gasteiger partial charge in [0, 0.05) is 37.4 Å². The first kappa shape index (κ1) is 12.7. The van der Waals surface area contributed by atoms with Crippen LogP contribution in [0.3, 0.4) is 0 Å². The normalized spacial score (nSPS) is 16.3. The van der Waals surface area contributed by atoms with Crippen LogP contribution in [-0.4, -0.2) is 41.8 Å². The van der Waals surface area contributed by atoms with E-state index in [-0.39, 0.29) is 0 Å². The number of nitrogens with zero attached hydrogens (tertiary/aromatic N) is 2. The Morgan fingerprint density at radius 1 is 1.28 bits per heavy atom. The molecular formula is C12H14ClN3O2. The molecule has 0 spiro atoms. The average molecular weight is 268 g/mol. The molecule has 0 unspecified atom stereocenters. The first-order valence-electron chi connectivity index (χ1n) is 5.57. The number of likely N-dealkylation sites (N-methyl/N-ethyl adjacent to an activating group) is 1. The van der Waals surface area contributed by atoms with E-state index in [9.17, 15) is 9.59 Å². The number of halogens is 1. The lowest BCUT2D eigenvalue weighted by Crippen LogP contribution is -2.52. The van der Waals surface area contributed by atoms with Gasteiger partial charge in [0.25, 0.3) is 0 Å². The number of anilines is 1. The molecule has 1 aromatic carbocycles. The maximum atomic E-state index is 11.8. The summed E-state index contributed by atoms with van der Waals surface area (Å²) in [6.07, 6.45) is 0. The molecule has 2 rings (SSSR count). The summed E-state index contributed by atoms with van der Waals surface area (Å²) in [7, 11) is 1.62. The van der Waals surface area contributed by atoms with E-state index in [1.54, 1.807) is 25.2 Å².